The van der Waals surface area contributed by atoms with Gasteiger partial charge in [-0.2, -0.15) is 0 Å². The number of unbranched alkanes of at least 4 members (excludes halogenated alkanes) is 16. The van der Waals surface area contributed by atoms with Gasteiger partial charge < -0.3 is 19.2 Å². The molecule has 0 aliphatic heterocycles. The van der Waals surface area contributed by atoms with Crippen LogP contribution in [0.25, 0.3) is 0 Å². The van der Waals surface area contributed by atoms with Crippen LogP contribution in [0.4, 0.5) is 0 Å². The fraction of sp³-hybridized carbons (Fsp3) is 1.00. The molecule has 0 heterocycles. The van der Waals surface area contributed by atoms with Gasteiger partial charge in [0.1, 0.15) is 19.3 Å². The van der Waals surface area contributed by atoms with Crippen molar-refractivity contribution in [3.05, 3.63) is 0 Å². The summed E-state index contributed by atoms with van der Waals surface area (Å²) in [6.45, 7) is 3.22. The molecule has 2 unspecified atom stereocenters. The molecule has 0 aromatic rings. The van der Waals surface area contributed by atoms with Crippen LogP contribution in [0.15, 0.2) is 0 Å². The number of hydrogen-bond donors (Lipinski definition) is 2. The normalized spacial score (nSPS) is 14.8. The monoisotopic (exact) mass is 524 g/mol. The lowest BCUT2D eigenvalue weighted by Gasteiger charge is -2.24. The number of phosphoric ester groups is 1. The minimum atomic E-state index is -4.20. The zero-order valence-electron chi connectivity index (χ0n) is 23.6. The quantitative estimate of drug-likeness (QED) is 0.0694. The molecule has 0 rings (SSSR count). The van der Waals surface area contributed by atoms with Crippen LogP contribution in [0, 0.1) is 0 Å². The second-order valence-electron chi connectivity index (χ2n) is 11.0. The lowest BCUT2D eigenvalue weighted by Crippen LogP contribution is -2.37. The van der Waals surface area contributed by atoms with E-state index < -0.39 is 13.9 Å². The first kappa shape index (κ1) is 35.0. The molecule has 7 nitrogen and oxygen atoms in total. The van der Waals surface area contributed by atoms with Crippen LogP contribution >= 0.6 is 7.82 Å². The van der Waals surface area contributed by atoms with Gasteiger partial charge >= 0.3 is 7.82 Å². The summed E-state index contributed by atoms with van der Waals surface area (Å²) in [6.07, 6.45) is 21.8. The van der Waals surface area contributed by atoms with Gasteiger partial charge in [0.25, 0.3) is 0 Å². The molecule has 0 saturated heterocycles. The van der Waals surface area contributed by atoms with Crippen molar-refractivity contribution in [3.63, 3.8) is 0 Å². The SMILES string of the molecule is CCCCCCCCCCCCCCCCCCCOCC(CO)OP(=O)(O)OCC[N+](C)(C)C. The molecule has 0 saturated carbocycles. The molecule has 0 fully saturated rings. The molecule has 35 heavy (non-hydrogen) atoms. The Morgan fingerprint density at radius 2 is 1.14 bits per heavy atom. The number of phosphoric acid groups is 1. The molecular formula is C27H59NO6P+. The molecule has 0 aliphatic rings. The van der Waals surface area contributed by atoms with E-state index in [9.17, 15) is 14.6 Å². The van der Waals surface area contributed by atoms with Gasteiger partial charge in [-0.1, -0.05) is 110 Å². The maximum atomic E-state index is 12.0. The maximum Gasteiger partial charge on any atom is 0.472 e. The Bertz CT molecular complexity index is 501. The molecule has 8 heteroatoms. The molecule has 0 radical (unpaired) electrons. The predicted molar refractivity (Wildman–Crippen MR) is 146 cm³/mol. The topological polar surface area (TPSA) is 85.2 Å². The third kappa shape index (κ3) is 26.9. The summed E-state index contributed by atoms with van der Waals surface area (Å²) in [7, 11) is 1.71. The molecular weight excluding hydrogens is 465 g/mol. The first-order valence-electron chi connectivity index (χ1n) is 14.3. The van der Waals surface area contributed by atoms with E-state index in [1.54, 1.807) is 0 Å². The van der Waals surface area contributed by atoms with Crippen LogP contribution < -0.4 is 0 Å². The predicted octanol–water partition coefficient (Wildman–Crippen LogP) is 6.86. The number of ether oxygens (including phenoxy) is 1. The van der Waals surface area contributed by atoms with E-state index in [1.165, 1.54) is 96.3 Å². The number of nitrogens with zero attached hydrogens (tertiary/aromatic N) is 1. The van der Waals surface area contributed by atoms with Crippen molar-refractivity contribution >= 4 is 7.82 Å². The number of hydrogen-bond acceptors (Lipinski definition) is 5. The van der Waals surface area contributed by atoms with Gasteiger partial charge in [-0.3, -0.25) is 9.05 Å². The average Bonchev–Trinajstić information content (AvgIpc) is 2.78. The molecule has 0 aromatic carbocycles. The highest BCUT2D eigenvalue weighted by Gasteiger charge is 2.27. The van der Waals surface area contributed by atoms with E-state index in [4.69, 9.17) is 13.8 Å². The van der Waals surface area contributed by atoms with Crippen molar-refractivity contribution in [2.24, 2.45) is 0 Å². The molecule has 0 amide bonds. The Morgan fingerprint density at radius 3 is 1.54 bits per heavy atom. The Labute approximate surface area is 217 Å². The average molecular weight is 525 g/mol. The van der Waals surface area contributed by atoms with Crippen LogP contribution in [0.1, 0.15) is 116 Å². The van der Waals surface area contributed by atoms with Gasteiger partial charge in [0.2, 0.25) is 0 Å². The summed E-state index contributed by atoms with van der Waals surface area (Å²) in [5.74, 6) is 0. The van der Waals surface area contributed by atoms with Crippen LogP contribution in [0.2, 0.25) is 0 Å². The summed E-state index contributed by atoms with van der Waals surface area (Å²) in [4.78, 5) is 9.81. The van der Waals surface area contributed by atoms with Gasteiger partial charge in [-0.15, -0.1) is 0 Å². The first-order valence-corrected chi connectivity index (χ1v) is 15.8. The standard InChI is InChI=1S/C27H58NO6P/c1-5-6-7-8-9-10-11-12-13-14-15-16-17-18-19-20-21-23-32-26-27(25-29)34-35(30,31)33-24-22-28(2,3)4/h27,29H,5-26H2,1-4H3/p+1. The highest BCUT2D eigenvalue weighted by atomic mass is 31.2. The first-order chi connectivity index (χ1) is 16.7. The number of likely N-dealkylation sites (N-methyl/N-ethyl adjacent to an activating group) is 1. The maximum absolute atomic E-state index is 12.0. The highest BCUT2D eigenvalue weighted by molar-refractivity contribution is 7.47. The van der Waals surface area contributed by atoms with Gasteiger partial charge in [0.15, 0.2) is 0 Å². The van der Waals surface area contributed by atoms with Crippen LogP contribution in [-0.2, 0) is 18.3 Å². The van der Waals surface area contributed by atoms with Crippen molar-refractivity contribution < 1.29 is 32.8 Å². The lowest BCUT2D eigenvalue weighted by molar-refractivity contribution is -0.870. The molecule has 0 spiro atoms. The van der Waals surface area contributed by atoms with Gasteiger partial charge in [-0.25, -0.2) is 4.57 Å². The second kappa shape index (κ2) is 23.1. The number of quaternary nitrogens is 1. The smallest absolute Gasteiger partial charge is 0.394 e. The van der Waals surface area contributed by atoms with Crippen molar-refractivity contribution in [1.29, 1.82) is 0 Å². The second-order valence-corrected chi connectivity index (χ2v) is 12.4. The highest BCUT2D eigenvalue weighted by Crippen LogP contribution is 2.44. The van der Waals surface area contributed by atoms with Crippen LogP contribution in [0.3, 0.4) is 0 Å². The van der Waals surface area contributed by atoms with E-state index in [0.29, 0.717) is 17.6 Å². The lowest BCUT2D eigenvalue weighted by atomic mass is 10.0. The third-order valence-electron chi connectivity index (χ3n) is 6.20. The Balaban J connectivity index is 3.47. The fourth-order valence-electron chi connectivity index (χ4n) is 3.91. The van der Waals surface area contributed by atoms with Crippen LogP contribution in [-0.4, -0.2) is 74.7 Å². The van der Waals surface area contributed by atoms with Crippen molar-refractivity contribution in [2.45, 2.75) is 122 Å². The molecule has 0 aromatic heterocycles. The molecule has 2 atom stereocenters. The Morgan fingerprint density at radius 1 is 0.714 bits per heavy atom. The zero-order chi connectivity index (χ0) is 26.3. The van der Waals surface area contributed by atoms with Crippen LogP contribution in [0.5, 0.6) is 0 Å². The summed E-state index contributed by atoms with van der Waals surface area (Å²) >= 11 is 0. The minimum absolute atomic E-state index is 0.0819. The van der Waals surface area contributed by atoms with E-state index in [0.717, 1.165) is 12.8 Å². The number of aliphatic hydroxyl groups excluding tert-OH is 1. The summed E-state index contributed by atoms with van der Waals surface area (Å²) in [6, 6.07) is 0. The van der Waals surface area contributed by atoms with E-state index >= 15 is 0 Å². The molecule has 212 valence electrons. The number of rotatable bonds is 27. The van der Waals surface area contributed by atoms with Gasteiger partial charge in [0.05, 0.1) is 34.4 Å². The van der Waals surface area contributed by atoms with E-state index in [-0.39, 0.29) is 19.8 Å². The summed E-state index contributed by atoms with van der Waals surface area (Å²) in [5.41, 5.74) is 0. The third-order valence-corrected chi connectivity index (χ3v) is 7.27. The molecule has 0 aliphatic carbocycles. The number of aliphatic hydroxyl groups is 1. The fourth-order valence-corrected chi connectivity index (χ4v) is 4.79. The van der Waals surface area contributed by atoms with E-state index in [2.05, 4.69) is 6.92 Å². The summed E-state index contributed by atoms with van der Waals surface area (Å²) in [5, 5.41) is 9.40. The Hall–Kier alpha value is -0.0100. The zero-order valence-corrected chi connectivity index (χ0v) is 24.4. The van der Waals surface area contributed by atoms with Gasteiger partial charge in [-0.05, 0) is 6.42 Å². The molecule has 2 N–H and O–H groups in total. The van der Waals surface area contributed by atoms with Crippen molar-refractivity contribution in [1.82, 2.24) is 0 Å². The summed E-state index contributed by atoms with van der Waals surface area (Å²) < 4.78 is 28.2. The van der Waals surface area contributed by atoms with Crippen molar-refractivity contribution in [2.75, 3.05) is 54.1 Å². The van der Waals surface area contributed by atoms with Crippen molar-refractivity contribution in [3.8, 4) is 0 Å². The molecule has 0 bridgehead atoms. The minimum Gasteiger partial charge on any atom is -0.394 e. The Kier molecular flexibility index (Phi) is 23.1. The van der Waals surface area contributed by atoms with E-state index in [1.807, 2.05) is 21.1 Å². The van der Waals surface area contributed by atoms with Gasteiger partial charge in [0, 0.05) is 6.61 Å². The largest absolute Gasteiger partial charge is 0.472 e.